The molecule has 110 valence electrons. The molecule has 0 aliphatic heterocycles. The number of para-hydroxylation sites is 1. The van der Waals surface area contributed by atoms with Crippen LogP contribution in [0.25, 0.3) is 0 Å². The molecule has 0 spiro atoms. The molecular formula is C15H21NO4. The number of aldehydes is 1. The average Bonchev–Trinajstić information content (AvgIpc) is 2.34. The van der Waals surface area contributed by atoms with Gasteiger partial charge in [-0.25, -0.2) is 4.79 Å². The van der Waals surface area contributed by atoms with E-state index in [9.17, 15) is 14.7 Å². The number of rotatable bonds is 5. The number of hydrogen-bond donors (Lipinski definition) is 2. The van der Waals surface area contributed by atoms with Crippen molar-refractivity contribution in [2.75, 3.05) is 6.54 Å². The van der Waals surface area contributed by atoms with Gasteiger partial charge in [-0.1, -0.05) is 18.2 Å². The summed E-state index contributed by atoms with van der Waals surface area (Å²) in [5.74, 6) is -0.257. The summed E-state index contributed by atoms with van der Waals surface area (Å²) in [5.41, 5.74) is 0.105. The Morgan fingerprint density at radius 3 is 2.60 bits per heavy atom. The SMILES string of the molecule is CC(C)(C)OC(=O)NCC(C=O)Cc1ccccc1O. The average molecular weight is 279 g/mol. The van der Waals surface area contributed by atoms with Crippen molar-refractivity contribution in [2.45, 2.75) is 32.8 Å². The largest absolute Gasteiger partial charge is 0.508 e. The van der Waals surface area contributed by atoms with E-state index in [1.54, 1.807) is 45.0 Å². The Bertz CT molecular complexity index is 465. The number of carbonyl (C=O) groups excluding carboxylic acids is 2. The molecule has 1 amide bonds. The Hall–Kier alpha value is -2.04. The first-order chi connectivity index (χ1) is 9.31. The molecule has 0 aliphatic carbocycles. The molecule has 20 heavy (non-hydrogen) atoms. The molecule has 1 unspecified atom stereocenters. The van der Waals surface area contributed by atoms with Gasteiger partial charge in [-0.15, -0.1) is 0 Å². The molecule has 2 N–H and O–H groups in total. The van der Waals surface area contributed by atoms with E-state index in [0.29, 0.717) is 12.0 Å². The van der Waals surface area contributed by atoms with Gasteiger partial charge in [0.2, 0.25) is 0 Å². The Morgan fingerprint density at radius 1 is 1.40 bits per heavy atom. The first-order valence-electron chi connectivity index (χ1n) is 6.51. The highest BCUT2D eigenvalue weighted by atomic mass is 16.6. The normalized spacial score (nSPS) is 12.6. The van der Waals surface area contributed by atoms with Crippen molar-refractivity contribution in [2.24, 2.45) is 5.92 Å². The van der Waals surface area contributed by atoms with Gasteiger partial charge in [0.15, 0.2) is 0 Å². The minimum absolute atomic E-state index is 0.150. The molecule has 0 saturated carbocycles. The smallest absolute Gasteiger partial charge is 0.407 e. The van der Waals surface area contributed by atoms with Crippen LogP contribution in [0.5, 0.6) is 5.75 Å². The van der Waals surface area contributed by atoms with Gasteiger partial charge in [0.25, 0.3) is 0 Å². The second-order valence-electron chi connectivity index (χ2n) is 5.61. The molecule has 0 bridgehead atoms. The maximum atomic E-state index is 11.5. The van der Waals surface area contributed by atoms with Crippen LogP contribution in [-0.4, -0.2) is 29.6 Å². The minimum atomic E-state index is -0.571. The maximum absolute atomic E-state index is 11.5. The monoisotopic (exact) mass is 279 g/mol. The maximum Gasteiger partial charge on any atom is 0.407 e. The predicted molar refractivity (Wildman–Crippen MR) is 75.6 cm³/mol. The van der Waals surface area contributed by atoms with E-state index in [1.165, 1.54) is 0 Å². The molecule has 0 saturated heterocycles. The number of ether oxygens (including phenoxy) is 1. The number of phenols is 1. The van der Waals surface area contributed by atoms with Crippen molar-refractivity contribution in [3.05, 3.63) is 29.8 Å². The number of hydrogen-bond acceptors (Lipinski definition) is 4. The predicted octanol–water partition coefficient (Wildman–Crippen LogP) is 2.27. The lowest BCUT2D eigenvalue weighted by Gasteiger charge is -2.20. The molecule has 0 fully saturated rings. The quantitative estimate of drug-likeness (QED) is 0.811. The molecule has 1 aromatic rings. The summed E-state index contributed by atoms with van der Waals surface area (Å²) in [6.07, 6.45) is 0.581. The van der Waals surface area contributed by atoms with Crippen molar-refractivity contribution >= 4 is 12.4 Å². The zero-order valence-corrected chi connectivity index (χ0v) is 12.1. The highest BCUT2D eigenvalue weighted by Crippen LogP contribution is 2.18. The Kier molecular flexibility index (Phi) is 5.55. The number of nitrogens with one attached hydrogen (secondary N) is 1. The van der Waals surface area contributed by atoms with E-state index in [1.807, 2.05) is 0 Å². The van der Waals surface area contributed by atoms with Crippen molar-refractivity contribution in [1.82, 2.24) is 5.32 Å². The lowest BCUT2D eigenvalue weighted by molar-refractivity contribution is -0.110. The van der Waals surface area contributed by atoms with Crippen LogP contribution in [0.15, 0.2) is 24.3 Å². The number of phenolic OH excluding ortho intramolecular Hbond substituents is 1. The Morgan fingerprint density at radius 2 is 2.05 bits per heavy atom. The summed E-state index contributed by atoms with van der Waals surface area (Å²) in [6.45, 7) is 5.48. The molecule has 0 aliphatic rings. The van der Waals surface area contributed by atoms with E-state index in [0.717, 1.165) is 6.29 Å². The molecule has 0 radical (unpaired) electrons. The molecule has 1 aromatic carbocycles. The van der Waals surface area contributed by atoms with Crippen LogP contribution < -0.4 is 5.32 Å². The van der Waals surface area contributed by atoms with E-state index >= 15 is 0 Å². The van der Waals surface area contributed by atoms with Gasteiger partial charge in [0, 0.05) is 12.5 Å². The third kappa shape index (κ3) is 5.73. The van der Waals surface area contributed by atoms with Gasteiger partial charge in [-0.05, 0) is 38.8 Å². The van der Waals surface area contributed by atoms with Crippen LogP contribution in [-0.2, 0) is 16.0 Å². The molecule has 0 aromatic heterocycles. The highest BCUT2D eigenvalue weighted by Gasteiger charge is 2.18. The van der Waals surface area contributed by atoms with Gasteiger partial charge in [0.1, 0.15) is 17.6 Å². The van der Waals surface area contributed by atoms with Gasteiger partial charge in [0.05, 0.1) is 0 Å². The molecule has 1 rings (SSSR count). The summed E-state index contributed by atoms with van der Waals surface area (Å²) in [4.78, 5) is 22.5. The summed E-state index contributed by atoms with van der Waals surface area (Å²) in [6, 6.07) is 6.82. The van der Waals surface area contributed by atoms with E-state index in [4.69, 9.17) is 4.74 Å². The number of aromatic hydroxyl groups is 1. The minimum Gasteiger partial charge on any atom is -0.508 e. The molecule has 5 heteroatoms. The molecule has 0 heterocycles. The number of amides is 1. The highest BCUT2D eigenvalue weighted by molar-refractivity contribution is 5.68. The van der Waals surface area contributed by atoms with Crippen LogP contribution in [0.3, 0.4) is 0 Å². The molecule has 5 nitrogen and oxygen atoms in total. The third-order valence-electron chi connectivity index (χ3n) is 2.57. The number of carbonyl (C=O) groups is 2. The van der Waals surface area contributed by atoms with Crippen molar-refractivity contribution in [3.8, 4) is 5.75 Å². The summed E-state index contributed by atoms with van der Waals surface area (Å²) in [5, 5.41) is 12.2. The topological polar surface area (TPSA) is 75.6 Å². The lowest BCUT2D eigenvalue weighted by atomic mass is 10.00. The zero-order valence-electron chi connectivity index (χ0n) is 12.1. The van der Waals surface area contributed by atoms with Crippen LogP contribution >= 0.6 is 0 Å². The van der Waals surface area contributed by atoms with Gasteiger partial charge >= 0.3 is 6.09 Å². The number of benzene rings is 1. The van der Waals surface area contributed by atoms with E-state index in [2.05, 4.69) is 5.32 Å². The Balaban J connectivity index is 2.50. The van der Waals surface area contributed by atoms with Crippen LogP contribution in [0.4, 0.5) is 4.79 Å². The fourth-order valence-corrected chi connectivity index (χ4v) is 1.66. The van der Waals surface area contributed by atoms with Crippen molar-refractivity contribution < 1.29 is 19.4 Å². The summed E-state index contributed by atoms with van der Waals surface area (Å²) < 4.78 is 5.09. The summed E-state index contributed by atoms with van der Waals surface area (Å²) >= 11 is 0. The van der Waals surface area contributed by atoms with Crippen LogP contribution in [0.2, 0.25) is 0 Å². The Labute approximate surface area is 118 Å². The number of alkyl carbamates (subject to hydrolysis) is 1. The van der Waals surface area contributed by atoms with Gasteiger partial charge < -0.3 is 20.0 Å². The van der Waals surface area contributed by atoms with Crippen LogP contribution in [0, 0.1) is 5.92 Å². The fraction of sp³-hybridized carbons (Fsp3) is 0.467. The van der Waals surface area contributed by atoms with Crippen molar-refractivity contribution in [3.63, 3.8) is 0 Å². The first kappa shape index (κ1) is 16.0. The zero-order chi connectivity index (χ0) is 15.2. The first-order valence-corrected chi connectivity index (χ1v) is 6.51. The summed E-state index contributed by atoms with van der Waals surface area (Å²) in [7, 11) is 0. The third-order valence-corrected chi connectivity index (χ3v) is 2.57. The molecular weight excluding hydrogens is 258 g/mol. The standard InChI is InChI=1S/C15H21NO4/c1-15(2,3)20-14(19)16-9-11(10-17)8-12-6-4-5-7-13(12)18/h4-7,10-11,18H,8-9H2,1-3H3,(H,16,19). The molecule has 1 atom stereocenters. The van der Waals surface area contributed by atoms with E-state index < -0.39 is 17.6 Å². The van der Waals surface area contributed by atoms with Gasteiger partial charge in [-0.2, -0.15) is 0 Å². The lowest BCUT2D eigenvalue weighted by Crippen LogP contribution is -2.36. The van der Waals surface area contributed by atoms with Crippen molar-refractivity contribution in [1.29, 1.82) is 0 Å². The fourth-order valence-electron chi connectivity index (χ4n) is 1.66. The van der Waals surface area contributed by atoms with Crippen LogP contribution in [0.1, 0.15) is 26.3 Å². The second-order valence-corrected chi connectivity index (χ2v) is 5.61. The van der Waals surface area contributed by atoms with E-state index in [-0.39, 0.29) is 12.3 Å². The van der Waals surface area contributed by atoms with Gasteiger partial charge in [-0.3, -0.25) is 0 Å². The second kappa shape index (κ2) is 6.93.